The van der Waals surface area contributed by atoms with Crippen molar-refractivity contribution in [1.29, 1.82) is 5.26 Å². The summed E-state index contributed by atoms with van der Waals surface area (Å²) in [6.07, 6.45) is -4.82. The van der Waals surface area contributed by atoms with Gasteiger partial charge in [0.2, 0.25) is 5.91 Å². The molecule has 0 N–H and O–H groups in total. The lowest BCUT2D eigenvalue weighted by molar-refractivity contribution is -0.145. The van der Waals surface area contributed by atoms with Gasteiger partial charge < -0.3 is 9.64 Å². The fourth-order valence-corrected chi connectivity index (χ4v) is 2.31. The highest BCUT2D eigenvalue weighted by atomic mass is 19.4. The summed E-state index contributed by atoms with van der Waals surface area (Å²) in [6.45, 7) is -0.0469. The number of carbonyl (C=O) groups is 2. The number of methoxy groups -OCH3 is 1. The highest BCUT2D eigenvalue weighted by Crippen LogP contribution is 2.35. The number of halogens is 3. The Morgan fingerprint density at radius 3 is 2.68 bits per heavy atom. The molecule has 0 bridgehead atoms. The number of nitriles is 1. The molecule has 1 aliphatic rings. The van der Waals surface area contributed by atoms with Gasteiger partial charge in [-0.15, -0.1) is 0 Å². The van der Waals surface area contributed by atoms with Crippen molar-refractivity contribution in [2.45, 2.75) is 12.6 Å². The smallest absolute Gasteiger partial charge is 0.417 e. The van der Waals surface area contributed by atoms with E-state index in [2.05, 4.69) is 4.74 Å². The van der Waals surface area contributed by atoms with Gasteiger partial charge in [0.1, 0.15) is 0 Å². The second kappa shape index (κ2) is 5.67. The van der Waals surface area contributed by atoms with Crippen molar-refractivity contribution in [1.82, 2.24) is 0 Å². The van der Waals surface area contributed by atoms with Crippen LogP contribution in [0.2, 0.25) is 0 Å². The molecule has 8 heteroatoms. The average molecular weight is 312 g/mol. The molecule has 0 spiro atoms. The molecule has 0 aliphatic carbocycles. The van der Waals surface area contributed by atoms with Crippen LogP contribution < -0.4 is 4.90 Å². The van der Waals surface area contributed by atoms with Gasteiger partial charge in [-0.25, -0.2) is 0 Å². The molecule has 0 radical (unpaired) electrons. The molecule has 22 heavy (non-hydrogen) atoms. The summed E-state index contributed by atoms with van der Waals surface area (Å²) >= 11 is 0. The zero-order valence-electron chi connectivity index (χ0n) is 11.5. The number of anilines is 1. The lowest BCUT2D eigenvalue weighted by Crippen LogP contribution is -2.26. The summed E-state index contributed by atoms with van der Waals surface area (Å²) < 4.78 is 43.3. The number of amides is 1. The predicted molar refractivity (Wildman–Crippen MR) is 68.6 cm³/mol. The van der Waals surface area contributed by atoms with Crippen LogP contribution in [0.4, 0.5) is 18.9 Å². The number of benzene rings is 1. The Balaban J connectivity index is 2.36. The van der Waals surface area contributed by atoms with Crippen LogP contribution in [0.15, 0.2) is 18.2 Å². The molecule has 1 amide bonds. The summed E-state index contributed by atoms with van der Waals surface area (Å²) in [7, 11) is 1.18. The molecule has 1 fully saturated rings. The van der Waals surface area contributed by atoms with Crippen LogP contribution in [0.3, 0.4) is 0 Å². The SMILES string of the molecule is COC(=O)C1CC(=O)N(c2ccc(C#N)c(C(F)(F)F)c2)C1. The number of nitrogens with zero attached hydrogens (tertiary/aromatic N) is 2. The first-order valence-electron chi connectivity index (χ1n) is 6.27. The number of hydrogen-bond donors (Lipinski definition) is 0. The quantitative estimate of drug-likeness (QED) is 0.784. The van der Waals surface area contributed by atoms with Crippen molar-refractivity contribution in [2.24, 2.45) is 5.92 Å². The third-order valence-electron chi connectivity index (χ3n) is 3.40. The number of carbonyl (C=O) groups excluding carboxylic acids is 2. The van der Waals surface area contributed by atoms with Crippen LogP contribution in [0, 0.1) is 17.2 Å². The molecule has 1 saturated heterocycles. The van der Waals surface area contributed by atoms with Gasteiger partial charge in [0.15, 0.2) is 0 Å². The zero-order valence-corrected chi connectivity index (χ0v) is 11.5. The summed E-state index contributed by atoms with van der Waals surface area (Å²) in [4.78, 5) is 24.4. The van der Waals surface area contributed by atoms with Gasteiger partial charge in [0.05, 0.1) is 30.2 Å². The number of alkyl halides is 3. The third-order valence-corrected chi connectivity index (χ3v) is 3.40. The van der Waals surface area contributed by atoms with Gasteiger partial charge in [-0.1, -0.05) is 0 Å². The minimum absolute atomic E-state index is 0.00253. The van der Waals surface area contributed by atoms with Crippen molar-refractivity contribution < 1.29 is 27.5 Å². The van der Waals surface area contributed by atoms with E-state index in [0.717, 1.165) is 17.0 Å². The monoisotopic (exact) mass is 312 g/mol. The number of ether oxygens (including phenoxy) is 1. The molecule has 2 rings (SSSR count). The molecule has 116 valence electrons. The van der Waals surface area contributed by atoms with Crippen LogP contribution in [0.1, 0.15) is 17.5 Å². The molecule has 1 aromatic rings. The lowest BCUT2D eigenvalue weighted by atomic mass is 10.1. The predicted octanol–water partition coefficient (Wildman–Crippen LogP) is 2.10. The van der Waals surface area contributed by atoms with Gasteiger partial charge in [-0.3, -0.25) is 9.59 Å². The van der Waals surface area contributed by atoms with Gasteiger partial charge >= 0.3 is 12.1 Å². The standard InChI is InChI=1S/C14H11F3N2O3/c1-22-13(21)9-4-12(20)19(7-9)10-3-2-8(6-18)11(5-10)14(15,16)17/h2-3,5,9H,4,7H2,1H3. The van der Waals surface area contributed by atoms with E-state index in [1.54, 1.807) is 0 Å². The number of esters is 1. The molecular weight excluding hydrogens is 301 g/mol. The Kier molecular flexibility index (Phi) is 4.08. The lowest BCUT2D eigenvalue weighted by Gasteiger charge is -2.18. The van der Waals surface area contributed by atoms with Crippen LogP contribution in [-0.2, 0) is 20.5 Å². The van der Waals surface area contributed by atoms with E-state index in [9.17, 15) is 22.8 Å². The van der Waals surface area contributed by atoms with E-state index < -0.39 is 35.1 Å². The highest BCUT2D eigenvalue weighted by molar-refractivity contribution is 5.99. The van der Waals surface area contributed by atoms with E-state index in [1.807, 2.05) is 0 Å². The normalized spacial score (nSPS) is 18.2. The maximum absolute atomic E-state index is 12.9. The van der Waals surface area contributed by atoms with E-state index in [0.29, 0.717) is 0 Å². The number of rotatable bonds is 2. The Labute approximate surface area is 123 Å². The third kappa shape index (κ3) is 2.88. The topological polar surface area (TPSA) is 70.4 Å². The highest BCUT2D eigenvalue weighted by Gasteiger charge is 2.38. The first-order valence-corrected chi connectivity index (χ1v) is 6.27. The van der Waals surface area contributed by atoms with Crippen molar-refractivity contribution in [2.75, 3.05) is 18.6 Å². The van der Waals surface area contributed by atoms with Crippen LogP contribution >= 0.6 is 0 Å². The summed E-state index contributed by atoms with van der Waals surface area (Å²) in [5.74, 6) is -1.75. The first kappa shape index (κ1) is 15.8. The van der Waals surface area contributed by atoms with E-state index in [-0.39, 0.29) is 18.7 Å². The minimum atomic E-state index is -4.70. The Morgan fingerprint density at radius 1 is 1.45 bits per heavy atom. The summed E-state index contributed by atoms with van der Waals surface area (Å²) in [6, 6.07) is 4.48. The molecule has 1 heterocycles. The van der Waals surface area contributed by atoms with Crippen molar-refractivity contribution in [3.05, 3.63) is 29.3 Å². The minimum Gasteiger partial charge on any atom is -0.469 e. The van der Waals surface area contributed by atoms with Crippen LogP contribution in [0.5, 0.6) is 0 Å². The maximum Gasteiger partial charge on any atom is 0.417 e. The zero-order chi connectivity index (χ0) is 16.5. The molecule has 1 unspecified atom stereocenters. The van der Waals surface area contributed by atoms with Gasteiger partial charge in [-0.2, -0.15) is 18.4 Å². The maximum atomic E-state index is 12.9. The first-order chi connectivity index (χ1) is 10.3. The Morgan fingerprint density at radius 2 is 2.14 bits per heavy atom. The fourth-order valence-electron chi connectivity index (χ4n) is 2.31. The van der Waals surface area contributed by atoms with Crippen LogP contribution in [-0.4, -0.2) is 25.5 Å². The Hall–Kier alpha value is -2.56. The molecule has 1 aromatic carbocycles. The summed E-state index contributed by atoms with van der Waals surface area (Å²) in [5.41, 5.74) is -1.63. The second-order valence-electron chi connectivity index (χ2n) is 4.77. The second-order valence-corrected chi connectivity index (χ2v) is 4.77. The van der Waals surface area contributed by atoms with Crippen molar-refractivity contribution in [3.63, 3.8) is 0 Å². The van der Waals surface area contributed by atoms with E-state index >= 15 is 0 Å². The summed E-state index contributed by atoms with van der Waals surface area (Å²) in [5, 5.41) is 8.75. The van der Waals surface area contributed by atoms with Crippen molar-refractivity contribution in [3.8, 4) is 6.07 Å². The van der Waals surface area contributed by atoms with Gasteiger partial charge in [0.25, 0.3) is 0 Å². The van der Waals surface area contributed by atoms with E-state index in [1.165, 1.54) is 19.2 Å². The van der Waals surface area contributed by atoms with Crippen LogP contribution in [0.25, 0.3) is 0 Å². The molecule has 1 aliphatic heterocycles. The fraction of sp³-hybridized carbons (Fsp3) is 0.357. The molecule has 0 saturated carbocycles. The molecule has 5 nitrogen and oxygen atoms in total. The van der Waals surface area contributed by atoms with Gasteiger partial charge in [0, 0.05) is 18.7 Å². The molecular formula is C14H11F3N2O3. The molecule has 0 aromatic heterocycles. The number of hydrogen-bond acceptors (Lipinski definition) is 4. The Bertz CT molecular complexity index is 664. The molecule has 1 atom stereocenters. The van der Waals surface area contributed by atoms with Crippen molar-refractivity contribution >= 4 is 17.6 Å². The largest absolute Gasteiger partial charge is 0.469 e. The van der Waals surface area contributed by atoms with Gasteiger partial charge in [-0.05, 0) is 18.2 Å². The van der Waals surface area contributed by atoms with E-state index in [4.69, 9.17) is 5.26 Å². The average Bonchev–Trinajstić information content (AvgIpc) is 2.86.